The van der Waals surface area contributed by atoms with Crippen LogP contribution in [0.5, 0.6) is 0 Å². The minimum absolute atomic E-state index is 0.0278. The highest BCUT2D eigenvalue weighted by Crippen LogP contribution is 2.30. The van der Waals surface area contributed by atoms with Crippen LogP contribution >= 0.6 is 0 Å². The summed E-state index contributed by atoms with van der Waals surface area (Å²) in [5.74, 6) is 0.106. The van der Waals surface area contributed by atoms with Crippen molar-refractivity contribution in [1.29, 1.82) is 0 Å². The van der Waals surface area contributed by atoms with Crippen molar-refractivity contribution in [3.05, 3.63) is 18.0 Å². The van der Waals surface area contributed by atoms with Crippen molar-refractivity contribution in [3.63, 3.8) is 0 Å². The van der Waals surface area contributed by atoms with Crippen molar-refractivity contribution >= 4 is 5.91 Å². The molecule has 0 spiro atoms. The molecule has 0 unspecified atom stereocenters. The lowest BCUT2D eigenvalue weighted by molar-refractivity contribution is -0.127. The molecule has 5 heteroatoms. The number of likely N-dealkylation sites (N-methyl/N-ethyl adjacent to an activating group) is 1. The van der Waals surface area contributed by atoms with Gasteiger partial charge in [0.15, 0.2) is 0 Å². The van der Waals surface area contributed by atoms with Gasteiger partial charge in [0.25, 0.3) is 0 Å². The molecule has 1 aliphatic rings. The summed E-state index contributed by atoms with van der Waals surface area (Å²) in [5.41, 5.74) is 7.00. The molecule has 1 aromatic heterocycles. The number of likely N-dealkylation sites (tertiary alicyclic amines) is 1. The molecule has 2 rings (SSSR count). The van der Waals surface area contributed by atoms with Crippen LogP contribution in [-0.4, -0.2) is 33.7 Å². The topological polar surface area (TPSA) is 64.2 Å². The van der Waals surface area contributed by atoms with Gasteiger partial charge in [-0.05, 0) is 13.8 Å². The Bertz CT molecular complexity index is 398. The highest BCUT2D eigenvalue weighted by atomic mass is 16.2. The quantitative estimate of drug-likeness (QED) is 0.801. The highest BCUT2D eigenvalue weighted by Gasteiger charge is 2.36. The summed E-state index contributed by atoms with van der Waals surface area (Å²) in [6.07, 6.45) is 4.21. The summed E-state index contributed by atoms with van der Waals surface area (Å²) >= 11 is 0. The Labute approximate surface area is 95.2 Å². The van der Waals surface area contributed by atoms with Gasteiger partial charge < -0.3 is 10.6 Å². The molecule has 0 bridgehead atoms. The molecule has 5 nitrogen and oxygen atoms in total. The van der Waals surface area contributed by atoms with Gasteiger partial charge in [0.1, 0.15) is 0 Å². The fourth-order valence-corrected chi connectivity index (χ4v) is 2.16. The highest BCUT2D eigenvalue weighted by molar-refractivity contribution is 5.80. The predicted octanol–water partition coefficient (Wildman–Crippen LogP) is 0.695. The number of nitrogens with two attached hydrogens (primary N) is 1. The summed E-state index contributed by atoms with van der Waals surface area (Å²) in [7, 11) is 1.80. The van der Waals surface area contributed by atoms with E-state index >= 15 is 0 Å². The number of nitrogens with zero attached hydrogens (tertiary/aromatic N) is 3. The van der Waals surface area contributed by atoms with E-state index in [2.05, 4.69) is 18.9 Å². The van der Waals surface area contributed by atoms with E-state index < -0.39 is 0 Å². The standard InChI is InChI=1S/C11H18N4O/c1-7(2)15-6-8(5-13-15)11-9(12)4-10(16)14(11)3/h5-7,9,11H,4,12H2,1-3H3/t9-,11+/m0/s1. The fourth-order valence-electron chi connectivity index (χ4n) is 2.16. The number of hydrogen-bond donors (Lipinski definition) is 1. The molecule has 2 N–H and O–H groups in total. The van der Waals surface area contributed by atoms with Gasteiger partial charge in [-0.2, -0.15) is 5.10 Å². The zero-order chi connectivity index (χ0) is 11.9. The zero-order valence-corrected chi connectivity index (χ0v) is 9.92. The lowest BCUT2D eigenvalue weighted by atomic mass is 10.0. The van der Waals surface area contributed by atoms with Gasteiger partial charge in [-0.1, -0.05) is 0 Å². The lowest BCUT2D eigenvalue weighted by Gasteiger charge is -2.21. The Hall–Kier alpha value is -1.36. The number of carbonyl (C=O) groups excluding carboxylic acids is 1. The van der Waals surface area contributed by atoms with Gasteiger partial charge in [0, 0.05) is 37.3 Å². The molecular formula is C11H18N4O. The zero-order valence-electron chi connectivity index (χ0n) is 9.92. The van der Waals surface area contributed by atoms with E-state index in [1.165, 1.54) is 0 Å². The number of aromatic nitrogens is 2. The monoisotopic (exact) mass is 222 g/mol. The molecule has 1 saturated heterocycles. The summed E-state index contributed by atoms with van der Waals surface area (Å²) < 4.78 is 1.89. The fraction of sp³-hybridized carbons (Fsp3) is 0.636. The Morgan fingerprint density at radius 1 is 1.56 bits per heavy atom. The van der Waals surface area contributed by atoms with E-state index in [-0.39, 0.29) is 18.0 Å². The average molecular weight is 222 g/mol. The largest absolute Gasteiger partial charge is 0.337 e. The minimum Gasteiger partial charge on any atom is -0.337 e. The van der Waals surface area contributed by atoms with Crippen molar-refractivity contribution < 1.29 is 4.79 Å². The second-order valence-corrected chi connectivity index (χ2v) is 4.66. The first-order chi connectivity index (χ1) is 7.50. The van der Waals surface area contributed by atoms with E-state index in [4.69, 9.17) is 5.73 Å². The summed E-state index contributed by atoms with van der Waals surface area (Å²) in [6, 6.07) is 0.176. The van der Waals surface area contributed by atoms with Crippen molar-refractivity contribution in [2.24, 2.45) is 5.73 Å². The third-order valence-electron chi connectivity index (χ3n) is 3.12. The van der Waals surface area contributed by atoms with Gasteiger partial charge in [0.05, 0.1) is 12.2 Å². The Morgan fingerprint density at radius 3 is 2.69 bits per heavy atom. The maximum atomic E-state index is 11.5. The number of hydrogen-bond acceptors (Lipinski definition) is 3. The molecule has 0 saturated carbocycles. The molecule has 1 aliphatic heterocycles. The first-order valence-corrected chi connectivity index (χ1v) is 5.56. The summed E-state index contributed by atoms with van der Waals surface area (Å²) in [6.45, 7) is 4.14. The Morgan fingerprint density at radius 2 is 2.25 bits per heavy atom. The van der Waals surface area contributed by atoms with Crippen LogP contribution in [0.1, 0.15) is 37.9 Å². The van der Waals surface area contributed by atoms with E-state index in [1.54, 1.807) is 18.1 Å². The van der Waals surface area contributed by atoms with Crippen LogP contribution in [0, 0.1) is 0 Å². The SMILES string of the molecule is CC(C)n1cc([C@@H]2[C@@H](N)CC(=O)N2C)cn1. The van der Waals surface area contributed by atoms with Crippen molar-refractivity contribution in [2.75, 3.05) is 7.05 Å². The second kappa shape index (κ2) is 3.90. The maximum absolute atomic E-state index is 11.5. The van der Waals surface area contributed by atoms with Crippen molar-refractivity contribution in [3.8, 4) is 0 Å². The lowest BCUT2D eigenvalue weighted by Crippen LogP contribution is -2.30. The van der Waals surface area contributed by atoms with Gasteiger partial charge in [-0.3, -0.25) is 9.48 Å². The smallest absolute Gasteiger partial charge is 0.224 e. The first kappa shape index (κ1) is 11.1. The Balaban J connectivity index is 2.26. The molecule has 2 heterocycles. The number of amides is 1. The van der Waals surface area contributed by atoms with E-state index in [0.29, 0.717) is 12.5 Å². The van der Waals surface area contributed by atoms with Crippen LogP contribution in [-0.2, 0) is 4.79 Å². The molecule has 16 heavy (non-hydrogen) atoms. The minimum atomic E-state index is -0.123. The molecule has 1 amide bonds. The molecule has 0 aliphatic carbocycles. The Kier molecular flexibility index (Phi) is 2.71. The summed E-state index contributed by atoms with van der Waals surface area (Å²) in [5, 5.41) is 4.28. The van der Waals surface area contributed by atoms with Crippen LogP contribution in [0.4, 0.5) is 0 Å². The molecule has 1 aromatic rings. The van der Waals surface area contributed by atoms with Gasteiger partial charge in [-0.15, -0.1) is 0 Å². The molecule has 2 atom stereocenters. The van der Waals surface area contributed by atoms with Crippen LogP contribution in [0.25, 0.3) is 0 Å². The third kappa shape index (κ3) is 1.71. The van der Waals surface area contributed by atoms with Crippen LogP contribution in [0.2, 0.25) is 0 Å². The molecule has 1 fully saturated rings. The van der Waals surface area contributed by atoms with E-state index in [0.717, 1.165) is 5.56 Å². The van der Waals surface area contributed by atoms with Gasteiger partial charge in [0.2, 0.25) is 5.91 Å². The van der Waals surface area contributed by atoms with Gasteiger partial charge in [-0.25, -0.2) is 0 Å². The van der Waals surface area contributed by atoms with Crippen LogP contribution in [0.3, 0.4) is 0 Å². The normalized spacial score (nSPS) is 25.8. The van der Waals surface area contributed by atoms with Crippen molar-refractivity contribution in [1.82, 2.24) is 14.7 Å². The van der Waals surface area contributed by atoms with Crippen molar-refractivity contribution in [2.45, 2.75) is 38.4 Å². The molecule has 0 radical (unpaired) electrons. The first-order valence-electron chi connectivity index (χ1n) is 5.56. The molecule has 88 valence electrons. The molecule has 0 aromatic carbocycles. The summed E-state index contributed by atoms with van der Waals surface area (Å²) in [4.78, 5) is 13.2. The average Bonchev–Trinajstić information content (AvgIpc) is 2.74. The van der Waals surface area contributed by atoms with E-state index in [9.17, 15) is 4.79 Å². The predicted molar refractivity (Wildman–Crippen MR) is 60.7 cm³/mol. The number of rotatable bonds is 2. The maximum Gasteiger partial charge on any atom is 0.224 e. The third-order valence-corrected chi connectivity index (χ3v) is 3.12. The number of carbonyl (C=O) groups is 1. The van der Waals surface area contributed by atoms with Crippen LogP contribution in [0.15, 0.2) is 12.4 Å². The molecular weight excluding hydrogens is 204 g/mol. The van der Waals surface area contributed by atoms with E-state index in [1.807, 2.05) is 10.9 Å². The second-order valence-electron chi connectivity index (χ2n) is 4.66. The van der Waals surface area contributed by atoms with Gasteiger partial charge >= 0.3 is 0 Å². The van der Waals surface area contributed by atoms with Crippen LogP contribution < -0.4 is 5.73 Å².